The Labute approximate surface area is 177 Å². The molecule has 0 bridgehead atoms. The van der Waals surface area contributed by atoms with Crippen LogP contribution in [-0.4, -0.2) is 40.1 Å². The van der Waals surface area contributed by atoms with Gasteiger partial charge in [0.05, 0.1) is 28.8 Å². The second-order valence-corrected chi connectivity index (χ2v) is 7.85. The molecule has 9 nitrogen and oxygen atoms in total. The lowest BCUT2D eigenvalue weighted by molar-refractivity contribution is -0.146. The molecule has 1 aromatic heterocycles. The van der Waals surface area contributed by atoms with Crippen LogP contribution in [0.3, 0.4) is 0 Å². The van der Waals surface area contributed by atoms with Gasteiger partial charge in [-0.15, -0.1) is 0 Å². The third-order valence-corrected chi connectivity index (χ3v) is 5.50. The van der Waals surface area contributed by atoms with Crippen molar-refractivity contribution in [1.82, 2.24) is 9.88 Å². The van der Waals surface area contributed by atoms with Gasteiger partial charge in [0.1, 0.15) is 0 Å². The lowest BCUT2D eigenvalue weighted by Crippen LogP contribution is -2.46. The number of hydrogen-bond acceptors (Lipinski definition) is 5. The molecule has 0 saturated carbocycles. The molecule has 2 atom stereocenters. The molecule has 3 N–H and O–H groups in total. The topological polar surface area (TPSA) is 135 Å². The summed E-state index contributed by atoms with van der Waals surface area (Å²) in [4.78, 5) is 58.0. The summed E-state index contributed by atoms with van der Waals surface area (Å²) in [6, 6.07) is 6.52. The molecule has 31 heavy (non-hydrogen) atoms. The van der Waals surface area contributed by atoms with Crippen LogP contribution in [-0.2, 0) is 14.4 Å². The second kappa shape index (κ2) is 8.10. The lowest BCUT2D eigenvalue weighted by atomic mass is 9.89. The van der Waals surface area contributed by atoms with Gasteiger partial charge in [-0.25, -0.2) is 4.99 Å². The zero-order chi connectivity index (χ0) is 22.1. The summed E-state index contributed by atoms with van der Waals surface area (Å²) in [5.74, 6) is -2.24. The maximum absolute atomic E-state index is 13.1. The maximum atomic E-state index is 13.1. The van der Waals surface area contributed by atoms with Crippen LogP contribution in [0.2, 0.25) is 0 Å². The van der Waals surface area contributed by atoms with E-state index in [9.17, 15) is 19.2 Å². The van der Waals surface area contributed by atoms with E-state index in [0.717, 1.165) is 12.0 Å². The van der Waals surface area contributed by atoms with E-state index in [1.54, 1.807) is 11.0 Å². The van der Waals surface area contributed by atoms with E-state index >= 15 is 0 Å². The smallest absolute Gasteiger partial charge is 0.313 e. The Morgan fingerprint density at radius 1 is 1.16 bits per heavy atom. The third kappa shape index (κ3) is 4.20. The summed E-state index contributed by atoms with van der Waals surface area (Å²) < 4.78 is 0. The molecule has 4 amide bonds. The lowest BCUT2D eigenvalue weighted by Gasteiger charge is -2.38. The summed E-state index contributed by atoms with van der Waals surface area (Å²) in [5, 5.41) is 3.82. The normalized spacial score (nSPS) is 19.8. The van der Waals surface area contributed by atoms with Crippen LogP contribution in [0, 0.1) is 5.92 Å². The van der Waals surface area contributed by atoms with Gasteiger partial charge >= 0.3 is 11.8 Å². The fourth-order valence-electron chi connectivity index (χ4n) is 3.96. The van der Waals surface area contributed by atoms with Crippen molar-refractivity contribution in [2.24, 2.45) is 16.6 Å². The van der Waals surface area contributed by atoms with Crippen LogP contribution in [0.1, 0.15) is 41.7 Å². The number of nitrogens with zero attached hydrogens (tertiary/aromatic N) is 3. The number of likely N-dealkylation sites (tertiary alicyclic amines) is 1. The first-order chi connectivity index (χ1) is 14.8. The van der Waals surface area contributed by atoms with Crippen molar-refractivity contribution in [1.29, 1.82) is 0 Å². The molecule has 1 saturated heterocycles. The van der Waals surface area contributed by atoms with Crippen molar-refractivity contribution in [3.8, 4) is 0 Å². The molecule has 3 heterocycles. The van der Waals surface area contributed by atoms with Gasteiger partial charge in [-0.05, 0) is 42.5 Å². The minimum atomic E-state index is -0.819. The predicted molar refractivity (Wildman–Crippen MR) is 111 cm³/mol. The Morgan fingerprint density at radius 3 is 2.74 bits per heavy atom. The largest absolute Gasteiger partial charge is 0.366 e. The number of rotatable bonds is 3. The van der Waals surface area contributed by atoms with Crippen molar-refractivity contribution in [2.75, 3.05) is 11.9 Å². The molecule has 2 aliphatic rings. The molecule has 158 valence electrons. The Bertz CT molecular complexity index is 1220. The summed E-state index contributed by atoms with van der Waals surface area (Å²) in [5.41, 5.74) is 6.43. The number of aromatic nitrogens is 1. The fraction of sp³-hybridized carbons (Fsp3) is 0.273. The van der Waals surface area contributed by atoms with Gasteiger partial charge in [-0.3, -0.25) is 24.2 Å². The van der Waals surface area contributed by atoms with E-state index < -0.39 is 17.7 Å². The van der Waals surface area contributed by atoms with Gasteiger partial charge in [-0.2, -0.15) is 0 Å². The van der Waals surface area contributed by atoms with E-state index in [-0.39, 0.29) is 29.1 Å². The number of carbonyl (C=O) groups is 4. The van der Waals surface area contributed by atoms with Crippen molar-refractivity contribution >= 4 is 35.4 Å². The van der Waals surface area contributed by atoms with Gasteiger partial charge in [0.2, 0.25) is 5.91 Å². The first-order valence-corrected chi connectivity index (χ1v) is 9.93. The van der Waals surface area contributed by atoms with E-state index in [4.69, 9.17) is 5.73 Å². The summed E-state index contributed by atoms with van der Waals surface area (Å²) in [7, 11) is 0. The average molecular weight is 419 g/mol. The van der Waals surface area contributed by atoms with Gasteiger partial charge in [0, 0.05) is 24.0 Å². The van der Waals surface area contributed by atoms with E-state index in [0.29, 0.717) is 23.5 Å². The van der Waals surface area contributed by atoms with E-state index in [2.05, 4.69) is 15.3 Å². The fourth-order valence-corrected chi connectivity index (χ4v) is 3.96. The Morgan fingerprint density at radius 2 is 1.97 bits per heavy atom. The standard InChI is InChI=1S/C22H21N5O4/c1-12-2-5-18(13-3-4-17-14(6-13)8-19(28)26-17)27(11-12)22(31)21(30)25-16-7-15(20(23)29)9-24-10-16/h3-4,6-10,12,18H,2,5,11H2,1H3,(H2,23,29)(H,25,30). The third-order valence-electron chi connectivity index (χ3n) is 5.50. The number of carbonyl (C=O) groups excluding carboxylic acids is 4. The minimum absolute atomic E-state index is 0.129. The number of benzene rings is 1. The number of anilines is 1. The second-order valence-electron chi connectivity index (χ2n) is 7.85. The molecule has 2 aliphatic heterocycles. The Hall–Kier alpha value is -3.88. The SMILES string of the molecule is CC1CCC(c2ccc3c(c2)=CC(=O)N=3)N(C(=O)C(=O)Nc2cncc(C(N)=O)c2)C1. The van der Waals surface area contributed by atoms with Crippen molar-refractivity contribution in [2.45, 2.75) is 25.8 Å². The highest BCUT2D eigenvalue weighted by Gasteiger charge is 2.34. The molecule has 0 aliphatic carbocycles. The Balaban J connectivity index is 1.58. The quantitative estimate of drug-likeness (QED) is 0.679. The maximum Gasteiger partial charge on any atom is 0.313 e. The van der Waals surface area contributed by atoms with Gasteiger partial charge in [-0.1, -0.05) is 13.0 Å². The van der Waals surface area contributed by atoms with Crippen LogP contribution < -0.4 is 21.6 Å². The monoisotopic (exact) mass is 419 g/mol. The number of amides is 4. The number of hydrogen-bond donors (Lipinski definition) is 2. The number of primary amides is 1. The summed E-state index contributed by atoms with van der Waals surface area (Å²) in [6.07, 6.45) is 5.68. The van der Waals surface area contributed by atoms with Crippen molar-refractivity contribution in [3.63, 3.8) is 0 Å². The highest BCUT2D eigenvalue weighted by Crippen LogP contribution is 2.33. The minimum Gasteiger partial charge on any atom is -0.366 e. The molecular formula is C22H21N5O4. The van der Waals surface area contributed by atoms with Gasteiger partial charge in [0.25, 0.3) is 5.91 Å². The number of nitrogens with two attached hydrogens (primary N) is 1. The van der Waals surface area contributed by atoms with Gasteiger partial charge < -0.3 is 16.0 Å². The molecule has 2 unspecified atom stereocenters. The number of nitrogens with one attached hydrogen (secondary N) is 1. The van der Waals surface area contributed by atoms with Gasteiger partial charge in [0.15, 0.2) is 0 Å². The zero-order valence-electron chi connectivity index (χ0n) is 16.9. The average Bonchev–Trinajstić information content (AvgIpc) is 3.12. The molecule has 2 aromatic rings. The molecule has 1 fully saturated rings. The van der Waals surface area contributed by atoms with Crippen LogP contribution in [0.15, 0.2) is 41.7 Å². The van der Waals surface area contributed by atoms with E-state index in [1.165, 1.54) is 24.5 Å². The van der Waals surface area contributed by atoms with Crippen LogP contribution in [0.25, 0.3) is 6.08 Å². The summed E-state index contributed by atoms with van der Waals surface area (Å²) >= 11 is 0. The van der Waals surface area contributed by atoms with Crippen molar-refractivity contribution < 1.29 is 19.2 Å². The molecule has 4 rings (SSSR count). The number of fused-ring (bicyclic) bond motifs is 1. The summed E-state index contributed by atoms with van der Waals surface area (Å²) in [6.45, 7) is 2.46. The van der Waals surface area contributed by atoms with Crippen molar-refractivity contribution in [3.05, 3.63) is 58.4 Å². The highest BCUT2D eigenvalue weighted by molar-refractivity contribution is 6.39. The van der Waals surface area contributed by atoms with Crippen LogP contribution in [0.4, 0.5) is 5.69 Å². The van der Waals surface area contributed by atoms with Crippen LogP contribution in [0.5, 0.6) is 0 Å². The Kier molecular flexibility index (Phi) is 5.33. The van der Waals surface area contributed by atoms with E-state index in [1.807, 2.05) is 19.1 Å². The molecular weight excluding hydrogens is 398 g/mol. The molecule has 0 radical (unpaired) electrons. The first-order valence-electron chi connectivity index (χ1n) is 9.93. The number of pyridine rings is 1. The predicted octanol–water partition coefficient (Wildman–Crippen LogP) is 0.0591. The molecule has 1 aromatic carbocycles. The highest BCUT2D eigenvalue weighted by atomic mass is 16.2. The molecule has 0 spiro atoms. The molecule has 9 heteroatoms. The van der Waals surface area contributed by atoms with Crippen LogP contribution >= 0.6 is 0 Å². The first kappa shape index (κ1) is 20.4. The zero-order valence-corrected chi connectivity index (χ0v) is 16.9. The number of piperidine rings is 1.